The molecule has 9 nitrogen and oxygen atoms in total. The molecule has 44 heavy (non-hydrogen) atoms. The summed E-state index contributed by atoms with van der Waals surface area (Å²) in [5, 5.41) is 14.3. The summed E-state index contributed by atoms with van der Waals surface area (Å²) in [6, 6.07) is 17.7. The van der Waals surface area contributed by atoms with E-state index in [0.717, 1.165) is 49.7 Å². The van der Waals surface area contributed by atoms with E-state index in [9.17, 15) is 9.59 Å². The zero-order valence-electron chi connectivity index (χ0n) is 26.8. The van der Waals surface area contributed by atoms with E-state index < -0.39 is 5.66 Å². The molecule has 0 bridgehead atoms. The van der Waals surface area contributed by atoms with Gasteiger partial charge in [0.2, 0.25) is 0 Å². The molecule has 2 aliphatic heterocycles. The monoisotopic (exact) mass is 597 g/mol. The minimum Gasteiger partial charge on any atom is -0.345 e. The van der Waals surface area contributed by atoms with Gasteiger partial charge < -0.3 is 15.5 Å². The van der Waals surface area contributed by atoms with Crippen LogP contribution in [0.1, 0.15) is 101 Å². The van der Waals surface area contributed by atoms with Gasteiger partial charge in [-0.1, -0.05) is 77.1 Å². The smallest absolute Gasteiger partial charge is 0.291 e. The third kappa shape index (κ3) is 7.25. The van der Waals surface area contributed by atoms with Gasteiger partial charge in [0.1, 0.15) is 5.66 Å². The van der Waals surface area contributed by atoms with Crippen molar-refractivity contribution in [2.75, 3.05) is 13.2 Å². The van der Waals surface area contributed by atoms with E-state index >= 15 is 0 Å². The van der Waals surface area contributed by atoms with Crippen molar-refractivity contribution in [2.24, 2.45) is 37.5 Å². The van der Waals surface area contributed by atoms with E-state index in [1.807, 2.05) is 54.6 Å². The number of nitrogens with zero attached hydrogens (tertiary/aromatic N) is 5. The molecule has 2 N–H and O–H groups in total. The van der Waals surface area contributed by atoms with Gasteiger partial charge in [0.15, 0.2) is 18.3 Å². The molecule has 0 unspecified atom stereocenters. The minimum absolute atomic E-state index is 0.0304. The van der Waals surface area contributed by atoms with Crippen LogP contribution in [0.25, 0.3) is 0 Å². The molecule has 5 rings (SSSR count). The van der Waals surface area contributed by atoms with Crippen molar-refractivity contribution in [1.82, 2.24) is 15.5 Å². The second-order valence-electron chi connectivity index (χ2n) is 13.9. The van der Waals surface area contributed by atoms with Crippen LogP contribution >= 0.6 is 0 Å². The highest BCUT2D eigenvalue weighted by molar-refractivity contribution is 6.40. The predicted octanol–water partition coefficient (Wildman–Crippen LogP) is 6.68. The van der Waals surface area contributed by atoms with Gasteiger partial charge in [-0.25, -0.2) is 4.99 Å². The van der Waals surface area contributed by atoms with E-state index in [2.05, 4.69) is 65.4 Å². The normalized spacial score (nSPS) is 23.4. The van der Waals surface area contributed by atoms with Crippen LogP contribution in [-0.4, -0.2) is 47.3 Å². The molecule has 0 radical (unpaired) electrons. The van der Waals surface area contributed by atoms with E-state index in [1.165, 1.54) is 0 Å². The first-order chi connectivity index (χ1) is 21.1. The summed E-state index contributed by atoms with van der Waals surface area (Å²) in [6.07, 6.45) is 5.67. The van der Waals surface area contributed by atoms with Crippen LogP contribution in [0, 0.1) is 17.3 Å². The van der Waals surface area contributed by atoms with Crippen molar-refractivity contribution >= 4 is 23.5 Å². The molecule has 2 aromatic rings. The number of rotatable bonds is 10. The molecule has 1 saturated heterocycles. The molecule has 234 valence electrons. The molecular formula is C35H47N7O2. The van der Waals surface area contributed by atoms with Crippen molar-refractivity contribution in [3.05, 3.63) is 71.3 Å². The largest absolute Gasteiger partial charge is 0.345 e. The summed E-state index contributed by atoms with van der Waals surface area (Å²) < 4.78 is 0. The summed E-state index contributed by atoms with van der Waals surface area (Å²) >= 11 is 0. The minimum atomic E-state index is -0.484. The second-order valence-corrected chi connectivity index (χ2v) is 13.9. The summed E-state index contributed by atoms with van der Waals surface area (Å²) in [5.74, 6) is 1.85. The standard InChI is InChI=1S/C35H47N7O2/c1-24(2)11-16-29(26-12-14-27(15-13-26)32(43)37-22-30-38-23-39-41-30)42-33(44)31(36-21-25-9-7-6-8-10-25)40-35(42)19-17-28(18-20-35)34(3,4)5/h6-10,12-15,24,28-29H,11,16-23H2,1-5H3,(H,36,40)(H,37,43)/t28?,29-,35?/m1/s1. The van der Waals surface area contributed by atoms with Gasteiger partial charge in [0.25, 0.3) is 11.8 Å². The molecule has 2 heterocycles. The highest BCUT2D eigenvalue weighted by Gasteiger charge is 2.53. The number of azo groups is 1. The lowest BCUT2D eigenvalue weighted by molar-refractivity contribution is -0.133. The van der Waals surface area contributed by atoms with Gasteiger partial charge in [-0.2, -0.15) is 5.11 Å². The van der Waals surface area contributed by atoms with Crippen molar-refractivity contribution in [2.45, 2.75) is 91.4 Å². The van der Waals surface area contributed by atoms with Gasteiger partial charge >= 0.3 is 0 Å². The van der Waals surface area contributed by atoms with Gasteiger partial charge in [-0.3, -0.25) is 14.6 Å². The van der Waals surface area contributed by atoms with Crippen LogP contribution in [0.3, 0.4) is 0 Å². The Morgan fingerprint density at radius 1 is 1.07 bits per heavy atom. The predicted molar refractivity (Wildman–Crippen MR) is 174 cm³/mol. The molecular weight excluding hydrogens is 550 g/mol. The molecule has 1 aliphatic carbocycles. The Morgan fingerprint density at radius 2 is 1.77 bits per heavy atom. The van der Waals surface area contributed by atoms with Crippen molar-refractivity contribution in [3.8, 4) is 0 Å². The Balaban J connectivity index is 1.44. The molecule has 1 spiro atoms. The molecule has 1 atom stereocenters. The van der Waals surface area contributed by atoms with Crippen molar-refractivity contribution in [3.63, 3.8) is 0 Å². The summed E-state index contributed by atoms with van der Waals surface area (Å²) in [4.78, 5) is 38.3. The number of amides is 2. The Bertz CT molecular complexity index is 1400. The van der Waals surface area contributed by atoms with Crippen LogP contribution in [0.5, 0.6) is 0 Å². The fraction of sp³-hybridized carbons (Fsp3) is 0.543. The summed E-state index contributed by atoms with van der Waals surface area (Å²) in [5.41, 5.74) is 2.41. The lowest BCUT2D eigenvalue weighted by Crippen LogP contribution is -2.56. The summed E-state index contributed by atoms with van der Waals surface area (Å²) in [6.45, 7) is 12.4. The van der Waals surface area contributed by atoms with Crippen LogP contribution in [0.2, 0.25) is 0 Å². The third-order valence-electron chi connectivity index (χ3n) is 9.33. The van der Waals surface area contributed by atoms with E-state index in [1.54, 1.807) is 0 Å². The number of carbonyl (C=O) groups excluding carboxylic acids is 2. The Morgan fingerprint density at radius 3 is 2.39 bits per heavy atom. The second kappa shape index (κ2) is 13.4. The molecule has 0 aromatic heterocycles. The van der Waals surface area contributed by atoms with Gasteiger partial charge in [-0.05, 0) is 79.0 Å². The SMILES string of the molecule is CC(C)CC[C@H](c1ccc(C(=O)NCC2=NCN=N2)cc1)N1C(=O)C(=NCc2ccccc2)NC12CCC(C(C)(C)C)CC2. The zero-order valence-corrected chi connectivity index (χ0v) is 26.8. The lowest BCUT2D eigenvalue weighted by Gasteiger charge is -2.48. The van der Waals surface area contributed by atoms with Gasteiger partial charge in [0.05, 0.1) is 19.1 Å². The first kappa shape index (κ1) is 31.5. The van der Waals surface area contributed by atoms with E-state index in [0.29, 0.717) is 42.3 Å². The quantitative estimate of drug-likeness (QED) is 0.319. The molecule has 1 saturated carbocycles. The van der Waals surface area contributed by atoms with Crippen molar-refractivity contribution in [1.29, 1.82) is 0 Å². The average molecular weight is 598 g/mol. The maximum atomic E-state index is 14.4. The maximum absolute atomic E-state index is 14.4. The van der Waals surface area contributed by atoms with E-state index in [-0.39, 0.29) is 29.8 Å². The number of hydrogen-bond donors (Lipinski definition) is 2. The number of nitrogens with one attached hydrogen (secondary N) is 2. The highest BCUT2D eigenvalue weighted by atomic mass is 16.2. The highest BCUT2D eigenvalue weighted by Crippen LogP contribution is 2.47. The van der Waals surface area contributed by atoms with Crippen LogP contribution in [0.15, 0.2) is 74.8 Å². The van der Waals surface area contributed by atoms with Crippen molar-refractivity contribution < 1.29 is 9.59 Å². The fourth-order valence-electron chi connectivity index (χ4n) is 6.67. The first-order valence-electron chi connectivity index (χ1n) is 16.0. The first-order valence-corrected chi connectivity index (χ1v) is 16.0. The number of hydrogen-bond acceptors (Lipinski definition) is 6. The fourth-order valence-corrected chi connectivity index (χ4v) is 6.67. The number of benzene rings is 2. The third-order valence-corrected chi connectivity index (χ3v) is 9.33. The van der Waals surface area contributed by atoms with Crippen LogP contribution < -0.4 is 10.6 Å². The number of carbonyl (C=O) groups is 2. The molecule has 2 amide bonds. The summed E-state index contributed by atoms with van der Waals surface area (Å²) in [7, 11) is 0. The molecule has 3 aliphatic rings. The Kier molecular flexibility index (Phi) is 9.61. The number of amidine groups is 2. The van der Waals surface area contributed by atoms with E-state index in [4.69, 9.17) is 4.99 Å². The molecule has 9 heteroatoms. The number of aliphatic imine (C=N–C) groups is 2. The molecule has 2 fully saturated rings. The zero-order chi connectivity index (χ0) is 31.3. The Labute approximate surface area is 261 Å². The lowest BCUT2D eigenvalue weighted by atomic mass is 9.69. The topological polar surface area (TPSA) is 111 Å². The average Bonchev–Trinajstić information content (AvgIpc) is 3.62. The molecule has 2 aromatic carbocycles. The van der Waals surface area contributed by atoms with Gasteiger partial charge in [0, 0.05) is 5.56 Å². The van der Waals surface area contributed by atoms with Crippen LogP contribution in [0.4, 0.5) is 0 Å². The Hall–Kier alpha value is -3.88. The van der Waals surface area contributed by atoms with Crippen LogP contribution in [-0.2, 0) is 11.3 Å². The maximum Gasteiger partial charge on any atom is 0.291 e. The van der Waals surface area contributed by atoms with Gasteiger partial charge in [-0.15, -0.1) is 5.11 Å².